The van der Waals surface area contributed by atoms with Crippen LogP contribution in [0.5, 0.6) is 0 Å². The molecule has 0 amide bonds. The second-order valence-corrected chi connectivity index (χ2v) is 5.58. The van der Waals surface area contributed by atoms with Crippen LogP contribution in [0.1, 0.15) is 25.7 Å². The van der Waals surface area contributed by atoms with Crippen LogP contribution < -0.4 is 0 Å². The highest BCUT2D eigenvalue weighted by molar-refractivity contribution is 7.98. The standard InChI is InChI=1S/C13H14F2N6S/c1-2-7-20-11(17-18-19-20)8-22-13-16-9-5-3-4-6-10(9)21(13)12(14)15/h3-6,12H,2,7-8H2,1H3. The molecule has 0 unspecified atom stereocenters. The van der Waals surface area contributed by atoms with Crippen LogP contribution in [0.15, 0.2) is 29.4 Å². The van der Waals surface area contributed by atoms with Crippen LogP contribution >= 0.6 is 11.8 Å². The molecule has 0 saturated carbocycles. The monoisotopic (exact) mass is 324 g/mol. The van der Waals surface area contributed by atoms with E-state index in [-0.39, 0.29) is 5.16 Å². The Bertz CT molecular complexity index is 769. The third kappa shape index (κ3) is 2.80. The van der Waals surface area contributed by atoms with Gasteiger partial charge in [-0.3, -0.25) is 4.57 Å². The molecule has 0 saturated heterocycles. The number of fused-ring (bicyclic) bond motifs is 1. The summed E-state index contributed by atoms with van der Waals surface area (Å²) in [7, 11) is 0. The van der Waals surface area contributed by atoms with Crippen LogP contribution in [0.25, 0.3) is 11.0 Å². The molecule has 0 spiro atoms. The molecule has 6 nitrogen and oxygen atoms in total. The number of aryl methyl sites for hydroxylation is 1. The maximum Gasteiger partial charge on any atom is 0.321 e. The predicted octanol–water partition coefficient (Wildman–Crippen LogP) is 3.12. The van der Waals surface area contributed by atoms with E-state index in [0.29, 0.717) is 29.2 Å². The molecule has 0 atom stereocenters. The lowest BCUT2D eigenvalue weighted by atomic mass is 10.3. The van der Waals surface area contributed by atoms with Gasteiger partial charge in [0.1, 0.15) is 0 Å². The maximum absolute atomic E-state index is 13.3. The molecule has 0 fully saturated rings. The normalized spacial score (nSPS) is 11.6. The van der Waals surface area contributed by atoms with Crippen molar-refractivity contribution in [3.63, 3.8) is 0 Å². The summed E-state index contributed by atoms with van der Waals surface area (Å²) in [6.07, 6.45) is 0.901. The summed E-state index contributed by atoms with van der Waals surface area (Å²) in [5, 5.41) is 11.7. The minimum Gasteiger partial charge on any atom is -0.261 e. The number of benzene rings is 1. The third-order valence-electron chi connectivity index (χ3n) is 3.13. The van der Waals surface area contributed by atoms with E-state index in [0.717, 1.165) is 11.0 Å². The molecule has 2 heterocycles. The zero-order chi connectivity index (χ0) is 15.5. The molecule has 2 aromatic heterocycles. The number of rotatable bonds is 6. The average Bonchev–Trinajstić information content (AvgIpc) is 3.08. The van der Waals surface area contributed by atoms with E-state index in [4.69, 9.17) is 0 Å². The molecule has 0 aliphatic carbocycles. The van der Waals surface area contributed by atoms with Gasteiger partial charge in [0.25, 0.3) is 0 Å². The first kappa shape index (κ1) is 14.9. The van der Waals surface area contributed by atoms with E-state index in [1.807, 2.05) is 6.92 Å². The van der Waals surface area contributed by atoms with Gasteiger partial charge in [-0.2, -0.15) is 8.78 Å². The number of nitrogens with zero attached hydrogens (tertiary/aromatic N) is 6. The summed E-state index contributed by atoms with van der Waals surface area (Å²) >= 11 is 1.21. The van der Waals surface area contributed by atoms with Crippen molar-refractivity contribution in [2.75, 3.05) is 0 Å². The van der Waals surface area contributed by atoms with E-state index in [2.05, 4.69) is 20.5 Å². The highest BCUT2D eigenvalue weighted by Gasteiger charge is 2.18. The number of thioether (sulfide) groups is 1. The first-order chi connectivity index (χ1) is 10.7. The quantitative estimate of drug-likeness (QED) is 0.652. The molecule has 116 valence electrons. The fourth-order valence-corrected chi connectivity index (χ4v) is 3.10. The lowest BCUT2D eigenvalue weighted by Crippen LogP contribution is -2.05. The van der Waals surface area contributed by atoms with Gasteiger partial charge in [0.2, 0.25) is 0 Å². The number of hydrogen-bond acceptors (Lipinski definition) is 5. The van der Waals surface area contributed by atoms with E-state index < -0.39 is 6.55 Å². The fraction of sp³-hybridized carbons (Fsp3) is 0.385. The van der Waals surface area contributed by atoms with Crippen LogP contribution in [0, 0.1) is 0 Å². The topological polar surface area (TPSA) is 61.4 Å². The zero-order valence-corrected chi connectivity index (χ0v) is 12.7. The van der Waals surface area contributed by atoms with Gasteiger partial charge >= 0.3 is 6.55 Å². The van der Waals surface area contributed by atoms with Crippen molar-refractivity contribution >= 4 is 22.8 Å². The first-order valence-corrected chi connectivity index (χ1v) is 7.82. The number of para-hydroxylation sites is 2. The van der Waals surface area contributed by atoms with Crippen LogP contribution in [-0.4, -0.2) is 29.8 Å². The first-order valence-electron chi connectivity index (χ1n) is 6.83. The molecule has 0 aliphatic heterocycles. The molecule has 0 bridgehead atoms. The van der Waals surface area contributed by atoms with Crippen molar-refractivity contribution in [3.8, 4) is 0 Å². The van der Waals surface area contributed by atoms with Gasteiger partial charge in [-0.25, -0.2) is 9.67 Å². The number of tetrazole rings is 1. The molecule has 3 aromatic rings. The third-order valence-corrected chi connectivity index (χ3v) is 4.08. The summed E-state index contributed by atoms with van der Waals surface area (Å²) in [6.45, 7) is 0.0877. The second kappa shape index (κ2) is 6.39. The van der Waals surface area contributed by atoms with Gasteiger partial charge in [0.05, 0.1) is 16.8 Å². The smallest absolute Gasteiger partial charge is 0.261 e. The van der Waals surface area contributed by atoms with Crippen LogP contribution in [-0.2, 0) is 12.3 Å². The van der Waals surface area contributed by atoms with Crippen molar-refractivity contribution in [2.24, 2.45) is 0 Å². The molecule has 1 aromatic carbocycles. The van der Waals surface area contributed by atoms with Crippen molar-refractivity contribution in [2.45, 2.75) is 37.3 Å². The largest absolute Gasteiger partial charge is 0.321 e. The Labute approximate surface area is 129 Å². The Morgan fingerprint density at radius 3 is 2.86 bits per heavy atom. The Balaban J connectivity index is 1.87. The average molecular weight is 324 g/mol. The summed E-state index contributed by atoms with van der Waals surface area (Å²) in [4.78, 5) is 4.28. The molecule has 22 heavy (non-hydrogen) atoms. The Kier molecular flexibility index (Phi) is 4.32. The van der Waals surface area contributed by atoms with E-state index in [9.17, 15) is 8.78 Å². The van der Waals surface area contributed by atoms with Gasteiger partial charge < -0.3 is 0 Å². The van der Waals surface area contributed by atoms with Gasteiger partial charge in [-0.05, 0) is 29.0 Å². The number of hydrogen-bond donors (Lipinski definition) is 0. The molecule has 9 heteroatoms. The molecular weight excluding hydrogens is 310 g/mol. The fourth-order valence-electron chi connectivity index (χ4n) is 2.15. The summed E-state index contributed by atoms with van der Waals surface area (Å²) in [5.74, 6) is 1.04. The molecule has 3 rings (SSSR count). The number of imidazole rings is 1. The maximum atomic E-state index is 13.3. The zero-order valence-electron chi connectivity index (χ0n) is 11.9. The van der Waals surface area contributed by atoms with Gasteiger partial charge in [0.15, 0.2) is 11.0 Å². The highest BCUT2D eigenvalue weighted by Crippen LogP contribution is 2.30. The Morgan fingerprint density at radius 2 is 2.09 bits per heavy atom. The summed E-state index contributed by atoms with van der Waals surface area (Å²) in [5.41, 5.74) is 0.978. The predicted molar refractivity (Wildman–Crippen MR) is 78.7 cm³/mol. The second-order valence-electron chi connectivity index (χ2n) is 4.64. The molecular formula is C13H14F2N6S. The van der Waals surface area contributed by atoms with Crippen molar-refractivity contribution in [3.05, 3.63) is 30.1 Å². The van der Waals surface area contributed by atoms with E-state index in [1.54, 1.807) is 28.9 Å². The minimum absolute atomic E-state index is 0.266. The molecule has 0 radical (unpaired) electrons. The molecule has 0 aliphatic rings. The summed E-state index contributed by atoms with van der Waals surface area (Å²) in [6, 6.07) is 6.86. The van der Waals surface area contributed by atoms with Crippen LogP contribution in [0.4, 0.5) is 8.78 Å². The van der Waals surface area contributed by atoms with E-state index >= 15 is 0 Å². The lowest BCUT2D eigenvalue weighted by Gasteiger charge is -2.07. The Hall–Kier alpha value is -2.03. The van der Waals surface area contributed by atoms with Gasteiger partial charge in [-0.15, -0.1) is 5.10 Å². The van der Waals surface area contributed by atoms with Crippen LogP contribution in [0.2, 0.25) is 0 Å². The summed E-state index contributed by atoms with van der Waals surface area (Å²) < 4.78 is 29.3. The number of alkyl halides is 2. The van der Waals surface area contributed by atoms with E-state index in [1.165, 1.54) is 11.8 Å². The SMILES string of the molecule is CCCn1nnnc1CSc1nc2ccccc2n1C(F)F. The van der Waals surface area contributed by atoms with Crippen molar-refractivity contribution in [1.29, 1.82) is 0 Å². The van der Waals surface area contributed by atoms with Crippen LogP contribution in [0.3, 0.4) is 0 Å². The van der Waals surface area contributed by atoms with Crippen molar-refractivity contribution < 1.29 is 8.78 Å². The van der Waals surface area contributed by atoms with Gasteiger partial charge in [0, 0.05) is 6.54 Å². The molecule has 0 N–H and O–H groups in total. The minimum atomic E-state index is -2.64. The highest BCUT2D eigenvalue weighted by atomic mass is 32.2. The van der Waals surface area contributed by atoms with Gasteiger partial charge in [-0.1, -0.05) is 30.8 Å². The number of halogens is 2. The Morgan fingerprint density at radius 1 is 1.27 bits per heavy atom. The van der Waals surface area contributed by atoms with Crippen molar-refractivity contribution in [1.82, 2.24) is 29.8 Å². The number of aromatic nitrogens is 6. The lowest BCUT2D eigenvalue weighted by molar-refractivity contribution is 0.0656.